The first-order valence-electron chi connectivity index (χ1n) is 7.26. The summed E-state index contributed by atoms with van der Waals surface area (Å²) in [6.45, 7) is 7.67. The molecule has 0 amide bonds. The average Bonchev–Trinajstić information content (AvgIpc) is 2.39. The van der Waals surface area contributed by atoms with Gasteiger partial charge in [-0.05, 0) is 68.8 Å². The molecule has 0 saturated heterocycles. The van der Waals surface area contributed by atoms with Crippen molar-refractivity contribution in [1.29, 1.82) is 0 Å². The van der Waals surface area contributed by atoms with Gasteiger partial charge in [0.1, 0.15) is 5.75 Å². The van der Waals surface area contributed by atoms with Crippen molar-refractivity contribution < 1.29 is 4.74 Å². The third kappa shape index (κ3) is 4.70. The predicted molar refractivity (Wildman–Crippen MR) is 83.3 cm³/mol. The third-order valence-corrected chi connectivity index (χ3v) is 3.83. The SMILES string of the molecule is CCCC(CCCN)c1cc(Cl)c(C)cc1OCC. The van der Waals surface area contributed by atoms with E-state index in [1.54, 1.807) is 0 Å². The monoisotopic (exact) mass is 283 g/mol. The van der Waals surface area contributed by atoms with Gasteiger partial charge in [-0.2, -0.15) is 0 Å². The summed E-state index contributed by atoms with van der Waals surface area (Å²) in [6.07, 6.45) is 4.46. The van der Waals surface area contributed by atoms with Crippen molar-refractivity contribution in [2.45, 2.75) is 52.4 Å². The van der Waals surface area contributed by atoms with E-state index < -0.39 is 0 Å². The lowest BCUT2D eigenvalue weighted by Crippen LogP contribution is -2.07. The molecule has 19 heavy (non-hydrogen) atoms. The Balaban J connectivity index is 3.07. The summed E-state index contributed by atoms with van der Waals surface area (Å²) in [5.41, 5.74) is 7.96. The molecule has 0 aromatic heterocycles. The van der Waals surface area contributed by atoms with Gasteiger partial charge in [0.05, 0.1) is 6.61 Å². The van der Waals surface area contributed by atoms with E-state index in [2.05, 4.69) is 19.1 Å². The molecule has 0 aliphatic heterocycles. The molecule has 3 heteroatoms. The standard InChI is InChI=1S/C16H26ClNO/c1-4-7-13(8-6-9-18)14-11-15(17)12(3)10-16(14)19-5-2/h10-11,13H,4-9,18H2,1-3H3. The zero-order valence-electron chi connectivity index (χ0n) is 12.3. The van der Waals surface area contributed by atoms with Crippen LogP contribution in [0.15, 0.2) is 12.1 Å². The third-order valence-electron chi connectivity index (χ3n) is 3.42. The summed E-state index contributed by atoms with van der Waals surface area (Å²) in [6, 6.07) is 4.14. The molecule has 2 nitrogen and oxygen atoms in total. The predicted octanol–water partition coefficient (Wildman–Crippen LogP) is 4.67. The van der Waals surface area contributed by atoms with E-state index in [0.717, 1.165) is 48.6 Å². The number of hydrogen-bond acceptors (Lipinski definition) is 2. The topological polar surface area (TPSA) is 35.2 Å². The molecular weight excluding hydrogens is 258 g/mol. The van der Waals surface area contributed by atoms with Crippen molar-refractivity contribution in [3.63, 3.8) is 0 Å². The second-order valence-electron chi connectivity index (χ2n) is 4.99. The largest absolute Gasteiger partial charge is 0.494 e. The van der Waals surface area contributed by atoms with Crippen molar-refractivity contribution in [2.75, 3.05) is 13.2 Å². The number of aryl methyl sites for hydroxylation is 1. The van der Waals surface area contributed by atoms with Gasteiger partial charge in [0, 0.05) is 5.02 Å². The maximum absolute atomic E-state index is 6.28. The van der Waals surface area contributed by atoms with Crippen LogP contribution in [0.1, 0.15) is 56.6 Å². The van der Waals surface area contributed by atoms with Crippen LogP contribution in [0.25, 0.3) is 0 Å². The molecule has 1 unspecified atom stereocenters. The van der Waals surface area contributed by atoms with Crippen LogP contribution in [-0.4, -0.2) is 13.2 Å². The highest BCUT2D eigenvalue weighted by atomic mass is 35.5. The number of hydrogen-bond donors (Lipinski definition) is 1. The Morgan fingerprint density at radius 3 is 2.58 bits per heavy atom. The Kier molecular flexibility index (Phi) is 7.25. The Bertz CT molecular complexity index is 393. The molecule has 2 N–H and O–H groups in total. The lowest BCUT2D eigenvalue weighted by molar-refractivity contribution is 0.331. The second-order valence-corrected chi connectivity index (χ2v) is 5.40. The van der Waals surface area contributed by atoms with Crippen LogP contribution in [0.2, 0.25) is 5.02 Å². The highest BCUT2D eigenvalue weighted by Gasteiger charge is 2.17. The molecule has 1 aromatic rings. The van der Waals surface area contributed by atoms with Gasteiger partial charge in [-0.25, -0.2) is 0 Å². The molecule has 1 atom stereocenters. The summed E-state index contributed by atoms with van der Waals surface area (Å²) >= 11 is 6.28. The van der Waals surface area contributed by atoms with Gasteiger partial charge >= 0.3 is 0 Å². The minimum atomic E-state index is 0.494. The molecule has 0 aliphatic rings. The van der Waals surface area contributed by atoms with Crippen molar-refractivity contribution in [1.82, 2.24) is 0 Å². The summed E-state index contributed by atoms with van der Waals surface area (Å²) in [7, 11) is 0. The molecule has 0 aliphatic carbocycles. The van der Waals surface area contributed by atoms with Crippen LogP contribution in [0.3, 0.4) is 0 Å². The smallest absolute Gasteiger partial charge is 0.123 e. The number of ether oxygens (including phenoxy) is 1. The van der Waals surface area contributed by atoms with Crippen LogP contribution in [-0.2, 0) is 0 Å². The first-order valence-corrected chi connectivity index (χ1v) is 7.64. The molecular formula is C16H26ClNO. The molecule has 0 heterocycles. The maximum atomic E-state index is 6.28. The highest BCUT2D eigenvalue weighted by molar-refractivity contribution is 6.31. The van der Waals surface area contributed by atoms with Crippen molar-refractivity contribution in [2.24, 2.45) is 5.73 Å². The van der Waals surface area contributed by atoms with E-state index in [0.29, 0.717) is 12.5 Å². The molecule has 0 fully saturated rings. The zero-order chi connectivity index (χ0) is 14.3. The summed E-state index contributed by atoms with van der Waals surface area (Å²) in [4.78, 5) is 0. The summed E-state index contributed by atoms with van der Waals surface area (Å²) < 4.78 is 5.79. The second kappa shape index (κ2) is 8.44. The average molecular weight is 284 g/mol. The zero-order valence-corrected chi connectivity index (χ0v) is 13.1. The minimum Gasteiger partial charge on any atom is -0.494 e. The summed E-state index contributed by atoms with van der Waals surface area (Å²) in [5.74, 6) is 1.48. The van der Waals surface area contributed by atoms with E-state index in [-0.39, 0.29) is 0 Å². The quantitative estimate of drug-likeness (QED) is 0.752. The molecule has 0 bridgehead atoms. The Hall–Kier alpha value is -0.730. The van der Waals surface area contributed by atoms with Crippen LogP contribution in [0.4, 0.5) is 0 Å². The molecule has 0 spiro atoms. The molecule has 0 saturated carbocycles. The first-order chi connectivity index (χ1) is 9.13. The number of nitrogens with two attached hydrogens (primary N) is 1. The molecule has 108 valence electrons. The van der Waals surface area contributed by atoms with Gasteiger partial charge < -0.3 is 10.5 Å². The highest BCUT2D eigenvalue weighted by Crippen LogP contribution is 2.36. The van der Waals surface area contributed by atoms with E-state index in [1.807, 2.05) is 13.8 Å². The Morgan fingerprint density at radius 2 is 2.00 bits per heavy atom. The normalized spacial score (nSPS) is 12.5. The minimum absolute atomic E-state index is 0.494. The first kappa shape index (κ1) is 16.3. The van der Waals surface area contributed by atoms with Gasteiger partial charge in [0.15, 0.2) is 0 Å². The van der Waals surface area contributed by atoms with E-state index in [1.165, 1.54) is 5.56 Å². The van der Waals surface area contributed by atoms with E-state index >= 15 is 0 Å². The van der Waals surface area contributed by atoms with Gasteiger partial charge in [-0.1, -0.05) is 24.9 Å². The fourth-order valence-corrected chi connectivity index (χ4v) is 2.61. The number of rotatable bonds is 8. The Labute approximate surface area is 122 Å². The van der Waals surface area contributed by atoms with Crippen molar-refractivity contribution >= 4 is 11.6 Å². The molecule has 1 aromatic carbocycles. The van der Waals surface area contributed by atoms with Gasteiger partial charge in [-0.3, -0.25) is 0 Å². The lowest BCUT2D eigenvalue weighted by atomic mass is 9.89. The fraction of sp³-hybridized carbons (Fsp3) is 0.625. The van der Waals surface area contributed by atoms with Crippen LogP contribution in [0, 0.1) is 6.92 Å². The number of benzene rings is 1. The van der Waals surface area contributed by atoms with Crippen LogP contribution >= 0.6 is 11.6 Å². The van der Waals surface area contributed by atoms with Gasteiger partial charge in [0.25, 0.3) is 0 Å². The summed E-state index contributed by atoms with van der Waals surface area (Å²) in [5, 5.41) is 0.826. The molecule has 0 radical (unpaired) electrons. The van der Waals surface area contributed by atoms with Crippen molar-refractivity contribution in [3.05, 3.63) is 28.3 Å². The van der Waals surface area contributed by atoms with Crippen LogP contribution < -0.4 is 10.5 Å². The van der Waals surface area contributed by atoms with Crippen molar-refractivity contribution in [3.8, 4) is 5.75 Å². The lowest BCUT2D eigenvalue weighted by Gasteiger charge is -2.21. The maximum Gasteiger partial charge on any atom is 0.123 e. The van der Waals surface area contributed by atoms with E-state index in [9.17, 15) is 0 Å². The molecule has 1 rings (SSSR count). The van der Waals surface area contributed by atoms with E-state index in [4.69, 9.17) is 22.1 Å². The van der Waals surface area contributed by atoms with Crippen LogP contribution in [0.5, 0.6) is 5.75 Å². The fourth-order valence-electron chi connectivity index (χ4n) is 2.44. The number of halogens is 1. The Morgan fingerprint density at radius 1 is 1.26 bits per heavy atom. The van der Waals surface area contributed by atoms with Gasteiger partial charge in [0.2, 0.25) is 0 Å². The van der Waals surface area contributed by atoms with Gasteiger partial charge in [-0.15, -0.1) is 0 Å².